The molecule has 1 aromatic carbocycles. The van der Waals surface area contributed by atoms with Gasteiger partial charge in [-0.15, -0.1) is 0 Å². The molecule has 0 spiro atoms. The minimum absolute atomic E-state index is 0.551. The second kappa shape index (κ2) is 5.77. The molecule has 1 heterocycles. The summed E-state index contributed by atoms with van der Waals surface area (Å²) >= 11 is 8.89. The number of H-pyrrole nitrogens is 1. The summed E-state index contributed by atoms with van der Waals surface area (Å²) in [5.41, 5.74) is 2.03. The van der Waals surface area contributed by atoms with Crippen LogP contribution in [-0.4, -0.2) is 24.2 Å². The van der Waals surface area contributed by atoms with Crippen molar-refractivity contribution in [3.63, 3.8) is 0 Å². The van der Waals surface area contributed by atoms with Crippen LogP contribution in [0.3, 0.4) is 0 Å². The first kappa shape index (κ1) is 14.5. The van der Waals surface area contributed by atoms with Crippen LogP contribution in [0.2, 0.25) is 0 Å². The number of nitrogens with one attached hydrogen (secondary N) is 1. The van der Waals surface area contributed by atoms with E-state index in [-0.39, 0.29) is 0 Å². The smallest absolute Gasteiger partial charge is 0.144 e. The van der Waals surface area contributed by atoms with Crippen molar-refractivity contribution in [3.05, 3.63) is 33.0 Å². The average molecular weight is 367 g/mol. The number of halogens is 1. The molecule has 0 saturated heterocycles. The van der Waals surface area contributed by atoms with Crippen molar-refractivity contribution in [1.82, 2.24) is 9.97 Å². The first-order chi connectivity index (χ1) is 10.1. The van der Waals surface area contributed by atoms with Crippen LogP contribution in [0, 0.1) is 4.64 Å². The van der Waals surface area contributed by atoms with Crippen molar-refractivity contribution in [2.75, 3.05) is 14.2 Å². The van der Waals surface area contributed by atoms with Crippen LogP contribution in [0.4, 0.5) is 0 Å². The highest BCUT2D eigenvalue weighted by atomic mass is 79.9. The summed E-state index contributed by atoms with van der Waals surface area (Å²) in [6.07, 6.45) is 2.38. The molecule has 2 aromatic rings. The maximum atomic E-state index is 5.36. The van der Waals surface area contributed by atoms with E-state index in [4.69, 9.17) is 21.7 Å². The molecule has 21 heavy (non-hydrogen) atoms. The van der Waals surface area contributed by atoms with E-state index in [0.717, 1.165) is 33.1 Å². The zero-order valence-corrected chi connectivity index (χ0v) is 14.2. The monoisotopic (exact) mass is 366 g/mol. The molecule has 4 nitrogen and oxygen atoms in total. The molecule has 0 aliphatic heterocycles. The molecule has 110 valence electrons. The van der Waals surface area contributed by atoms with Crippen LogP contribution in [-0.2, 0) is 0 Å². The van der Waals surface area contributed by atoms with E-state index in [1.807, 2.05) is 18.2 Å². The fourth-order valence-corrected chi connectivity index (χ4v) is 2.92. The molecule has 0 bridgehead atoms. The van der Waals surface area contributed by atoms with Crippen molar-refractivity contribution in [1.29, 1.82) is 0 Å². The molecule has 1 N–H and O–H groups in total. The van der Waals surface area contributed by atoms with E-state index in [2.05, 4.69) is 25.9 Å². The van der Waals surface area contributed by atoms with Gasteiger partial charge in [-0.3, -0.25) is 0 Å². The van der Waals surface area contributed by atoms with Gasteiger partial charge in [0.2, 0.25) is 0 Å². The zero-order chi connectivity index (χ0) is 15.0. The summed E-state index contributed by atoms with van der Waals surface area (Å²) in [4.78, 5) is 7.86. The Bertz CT molecular complexity index is 719. The molecular weight excluding hydrogens is 352 g/mol. The van der Waals surface area contributed by atoms with Crippen molar-refractivity contribution < 1.29 is 9.47 Å². The van der Waals surface area contributed by atoms with Crippen molar-refractivity contribution in [2.24, 2.45) is 0 Å². The Labute approximate surface area is 136 Å². The third kappa shape index (κ3) is 2.96. The molecule has 0 atom stereocenters. The molecule has 1 aliphatic rings. The van der Waals surface area contributed by atoms with Gasteiger partial charge in [0, 0.05) is 23.2 Å². The predicted molar refractivity (Wildman–Crippen MR) is 87.6 cm³/mol. The van der Waals surface area contributed by atoms with Gasteiger partial charge in [0.25, 0.3) is 0 Å². The number of hydrogen-bond donors (Lipinski definition) is 1. The second-order valence-corrected chi connectivity index (χ2v) is 6.17. The van der Waals surface area contributed by atoms with Crippen LogP contribution >= 0.6 is 28.1 Å². The quantitative estimate of drug-likeness (QED) is 0.811. The number of nitrogens with zero attached hydrogens (tertiary/aromatic N) is 1. The highest BCUT2D eigenvalue weighted by Crippen LogP contribution is 2.43. The SMILES string of the molecule is COc1cc(OC)cc(-c2nc(=S)c(Br)c(C3CC3)[nH]2)c1. The Balaban J connectivity index is 2.13. The van der Waals surface area contributed by atoms with E-state index in [1.165, 1.54) is 12.8 Å². The van der Waals surface area contributed by atoms with E-state index < -0.39 is 0 Å². The number of benzene rings is 1. The molecule has 6 heteroatoms. The number of methoxy groups -OCH3 is 2. The predicted octanol–water partition coefficient (Wildman–Crippen LogP) is 4.46. The number of hydrogen-bond acceptors (Lipinski definition) is 4. The van der Waals surface area contributed by atoms with E-state index in [1.54, 1.807) is 14.2 Å². The van der Waals surface area contributed by atoms with Crippen molar-refractivity contribution in [2.45, 2.75) is 18.8 Å². The molecule has 1 saturated carbocycles. The summed E-state index contributed by atoms with van der Waals surface area (Å²) in [5.74, 6) is 2.74. The van der Waals surface area contributed by atoms with E-state index >= 15 is 0 Å². The molecule has 3 rings (SSSR count). The summed E-state index contributed by atoms with van der Waals surface area (Å²) in [5, 5.41) is 0. The summed E-state index contributed by atoms with van der Waals surface area (Å²) in [6.45, 7) is 0. The minimum Gasteiger partial charge on any atom is -0.497 e. The van der Waals surface area contributed by atoms with Gasteiger partial charge in [-0.2, -0.15) is 0 Å². The Hall–Kier alpha value is -1.40. The molecule has 0 amide bonds. The van der Waals surface area contributed by atoms with E-state index in [9.17, 15) is 0 Å². The molecule has 1 aromatic heterocycles. The maximum absolute atomic E-state index is 5.36. The molecule has 1 aliphatic carbocycles. The van der Waals surface area contributed by atoms with Crippen molar-refractivity contribution >= 4 is 28.1 Å². The van der Waals surface area contributed by atoms with Gasteiger partial charge in [-0.1, -0.05) is 12.2 Å². The normalized spacial score (nSPS) is 14.0. The molecule has 1 fully saturated rings. The fourth-order valence-electron chi connectivity index (χ4n) is 2.21. The number of rotatable bonds is 4. The lowest BCUT2D eigenvalue weighted by atomic mass is 10.1. The van der Waals surface area contributed by atoms with Gasteiger partial charge >= 0.3 is 0 Å². The zero-order valence-electron chi connectivity index (χ0n) is 11.8. The summed E-state index contributed by atoms with van der Waals surface area (Å²) in [6, 6.07) is 5.67. The number of aromatic nitrogens is 2. The minimum atomic E-state index is 0.551. The lowest BCUT2D eigenvalue weighted by Gasteiger charge is -2.10. The lowest BCUT2D eigenvalue weighted by molar-refractivity contribution is 0.394. The largest absolute Gasteiger partial charge is 0.497 e. The lowest BCUT2D eigenvalue weighted by Crippen LogP contribution is -1.98. The van der Waals surface area contributed by atoms with Gasteiger partial charge < -0.3 is 14.5 Å². The van der Waals surface area contributed by atoms with Gasteiger partial charge in [0.15, 0.2) is 0 Å². The van der Waals surface area contributed by atoms with Crippen LogP contribution in [0.1, 0.15) is 24.5 Å². The Morgan fingerprint density at radius 3 is 2.33 bits per heavy atom. The Kier molecular flexibility index (Phi) is 3.99. The number of ether oxygens (including phenoxy) is 2. The molecule has 0 radical (unpaired) electrons. The third-order valence-corrected chi connectivity index (χ3v) is 4.86. The third-order valence-electron chi connectivity index (χ3n) is 3.50. The maximum Gasteiger partial charge on any atom is 0.144 e. The molecule has 0 unspecified atom stereocenters. The van der Waals surface area contributed by atoms with Crippen LogP contribution in [0.25, 0.3) is 11.4 Å². The first-order valence-corrected chi connectivity index (χ1v) is 7.85. The standard InChI is InChI=1S/C15H15BrN2O2S/c1-19-10-5-9(6-11(7-10)20-2)14-17-13(8-3-4-8)12(16)15(21)18-14/h5-8H,3-4H2,1-2H3,(H,17,18,21). The summed E-state index contributed by atoms with van der Waals surface area (Å²) < 4.78 is 12.1. The average Bonchev–Trinajstić information content (AvgIpc) is 3.33. The number of aromatic amines is 1. The van der Waals surface area contributed by atoms with Crippen molar-refractivity contribution in [3.8, 4) is 22.9 Å². The second-order valence-electron chi connectivity index (χ2n) is 4.99. The fraction of sp³-hybridized carbons (Fsp3) is 0.333. The Morgan fingerprint density at radius 1 is 1.19 bits per heavy atom. The van der Waals surface area contributed by atoms with Crippen LogP contribution in [0.5, 0.6) is 11.5 Å². The van der Waals surface area contributed by atoms with Gasteiger partial charge in [-0.05, 0) is 40.9 Å². The first-order valence-electron chi connectivity index (χ1n) is 6.65. The van der Waals surface area contributed by atoms with Crippen LogP contribution in [0.15, 0.2) is 22.7 Å². The summed E-state index contributed by atoms with van der Waals surface area (Å²) in [7, 11) is 3.26. The van der Waals surface area contributed by atoms with Gasteiger partial charge in [0.1, 0.15) is 22.0 Å². The van der Waals surface area contributed by atoms with Crippen LogP contribution < -0.4 is 9.47 Å². The Morgan fingerprint density at radius 2 is 1.81 bits per heavy atom. The van der Waals surface area contributed by atoms with E-state index in [0.29, 0.717) is 10.6 Å². The highest BCUT2D eigenvalue weighted by Gasteiger charge is 2.27. The molecular formula is C15H15BrN2O2S. The van der Waals surface area contributed by atoms with Gasteiger partial charge in [0.05, 0.1) is 18.7 Å². The highest BCUT2D eigenvalue weighted by molar-refractivity contribution is 9.10. The van der Waals surface area contributed by atoms with Gasteiger partial charge in [-0.25, -0.2) is 4.98 Å². The topological polar surface area (TPSA) is 47.1 Å².